The number of para-hydroxylation sites is 1. The molecule has 3 heterocycles. The van der Waals surface area contributed by atoms with Gasteiger partial charge in [-0.05, 0) is 42.0 Å². The van der Waals surface area contributed by atoms with Crippen LogP contribution in [0.2, 0.25) is 0 Å². The second-order valence-electron chi connectivity index (χ2n) is 10.6. The van der Waals surface area contributed by atoms with Crippen molar-refractivity contribution in [1.29, 1.82) is 0 Å². The third-order valence-corrected chi connectivity index (χ3v) is 7.78. The number of hydrogen-bond donors (Lipinski definition) is 2. The van der Waals surface area contributed by atoms with Crippen LogP contribution in [0.25, 0.3) is 22.0 Å². The Morgan fingerprint density at radius 3 is 2.29 bits per heavy atom. The topological polar surface area (TPSA) is 103 Å². The Morgan fingerprint density at radius 1 is 0.857 bits per heavy atom. The summed E-state index contributed by atoms with van der Waals surface area (Å²) < 4.78 is 5.36. The first kappa shape index (κ1) is 27.6. The maximum Gasteiger partial charge on any atom is 0.238 e. The van der Waals surface area contributed by atoms with Crippen molar-refractivity contribution in [3.05, 3.63) is 72.9 Å². The van der Waals surface area contributed by atoms with Gasteiger partial charge in [0.1, 0.15) is 0 Å². The summed E-state index contributed by atoms with van der Waals surface area (Å²) in [4.78, 5) is 39.8. The Bertz CT molecular complexity index is 1550. The third kappa shape index (κ3) is 6.50. The van der Waals surface area contributed by atoms with E-state index in [9.17, 15) is 9.59 Å². The standard InChI is InChI=1S/C32H35N7O3/c1-23(40)38-13-15-39(16-14-38)28-11-9-27(10-12-28)35-32-33-21-25-3-2-4-29(31(25)36-32)24-5-7-26(8-6-24)34-30(41)22-37-17-19-42-20-18-37/h2-12,21H,13-20,22H2,1H3,(H,34,41)(H,33,35,36). The van der Waals surface area contributed by atoms with Gasteiger partial charge in [-0.2, -0.15) is 0 Å². The summed E-state index contributed by atoms with van der Waals surface area (Å²) in [5.74, 6) is 0.625. The van der Waals surface area contributed by atoms with Crippen LogP contribution in [0.5, 0.6) is 0 Å². The smallest absolute Gasteiger partial charge is 0.238 e. The number of ether oxygens (including phenoxy) is 1. The molecule has 216 valence electrons. The first-order valence-electron chi connectivity index (χ1n) is 14.4. The lowest BCUT2D eigenvalue weighted by Gasteiger charge is -2.35. The van der Waals surface area contributed by atoms with Crippen LogP contribution in [-0.2, 0) is 14.3 Å². The van der Waals surface area contributed by atoms with Crippen molar-refractivity contribution < 1.29 is 14.3 Å². The van der Waals surface area contributed by atoms with Crippen molar-refractivity contribution in [2.75, 3.05) is 74.6 Å². The number of amides is 2. The van der Waals surface area contributed by atoms with E-state index in [1.54, 1.807) is 6.92 Å². The molecule has 2 aliphatic heterocycles. The fraction of sp³-hybridized carbons (Fsp3) is 0.312. The molecule has 2 saturated heterocycles. The fourth-order valence-electron chi connectivity index (χ4n) is 5.41. The molecule has 0 radical (unpaired) electrons. The molecule has 2 aliphatic rings. The zero-order valence-corrected chi connectivity index (χ0v) is 23.8. The average molecular weight is 566 g/mol. The van der Waals surface area contributed by atoms with Gasteiger partial charge in [0.05, 0.1) is 25.3 Å². The lowest BCUT2D eigenvalue weighted by atomic mass is 10.0. The van der Waals surface area contributed by atoms with Crippen LogP contribution in [0.15, 0.2) is 72.9 Å². The summed E-state index contributed by atoms with van der Waals surface area (Å²) in [6, 6.07) is 22.1. The Kier molecular flexibility index (Phi) is 8.25. The number of morpholine rings is 1. The minimum atomic E-state index is -0.0261. The number of rotatable bonds is 7. The highest BCUT2D eigenvalue weighted by Gasteiger charge is 2.19. The normalized spacial score (nSPS) is 15.9. The average Bonchev–Trinajstić information content (AvgIpc) is 3.02. The number of benzene rings is 3. The van der Waals surface area contributed by atoms with Gasteiger partial charge in [0.25, 0.3) is 0 Å². The molecule has 2 fully saturated rings. The minimum absolute atomic E-state index is 0.0261. The van der Waals surface area contributed by atoms with Gasteiger partial charge in [-0.1, -0.05) is 30.3 Å². The van der Waals surface area contributed by atoms with Crippen LogP contribution in [-0.4, -0.2) is 90.6 Å². The molecule has 0 spiro atoms. The van der Waals surface area contributed by atoms with E-state index in [2.05, 4.69) is 37.6 Å². The predicted octanol–water partition coefficient (Wildman–Crippen LogP) is 3.98. The molecule has 42 heavy (non-hydrogen) atoms. The van der Waals surface area contributed by atoms with Crippen LogP contribution in [0, 0.1) is 0 Å². The van der Waals surface area contributed by atoms with Crippen LogP contribution in [0.4, 0.5) is 23.0 Å². The van der Waals surface area contributed by atoms with Crippen molar-refractivity contribution in [2.45, 2.75) is 6.92 Å². The van der Waals surface area contributed by atoms with E-state index in [0.29, 0.717) is 25.7 Å². The molecule has 3 aromatic carbocycles. The SMILES string of the molecule is CC(=O)N1CCN(c2ccc(Nc3ncc4cccc(-c5ccc(NC(=O)CN6CCOCC6)cc5)c4n3)cc2)CC1. The van der Waals surface area contributed by atoms with Crippen LogP contribution in [0.3, 0.4) is 0 Å². The molecule has 0 bridgehead atoms. The molecule has 2 N–H and O–H groups in total. The Labute approximate surface area is 245 Å². The largest absolute Gasteiger partial charge is 0.379 e. The highest BCUT2D eigenvalue weighted by Crippen LogP contribution is 2.29. The number of hydrogen-bond acceptors (Lipinski definition) is 8. The summed E-state index contributed by atoms with van der Waals surface area (Å²) in [7, 11) is 0. The lowest BCUT2D eigenvalue weighted by Crippen LogP contribution is -2.48. The monoisotopic (exact) mass is 565 g/mol. The van der Waals surface area contributed by atoms with Gasteiger partial charge < -0.3 is 25.2 Å². The van der Waals surface area contributed by atoms with Gasteiger partial charge in [0.2, 0.25) is 17.8 Å². The summed E-state index contributed by atoms with van der Waals surface area (Å²) in [6.07, 6.45) is 1.83. The minimum Gasteiger partial charge on any atom is -0.379 e. The molecular formula is C32H35N7O3. The van der Waals surface area contributed by atoms with Crippen molar-refractivity contribution in [3.63, 3.8) is 0 Å². The molecule has 2 amide bonds. The number of aromatic nitrogens is 2. The Balaban J connectivity index is 1.13. The molecular weight excluding hydrogens is 530 g/mol. The van der Waals surface area contributed by atoms with Gasteiger partial charge in [-0.25, -0.2) is 9.97 Å². The van der Waals surface area contributed by atoms with E-state index in [-0.39, 0.29) is 11.8 Å². The molecule has 10 nitrogen and oxygen atoms in total. The number of anilines is 4. The van der Waals surface area contributed by atoms with E-state index in [4.69, 9.17) is 9.72 Å². The van der Waals surface area contributed by atoms with Crippen molar-refractivity contribution >= 4 is 45.7 Å². The lowest BCUT2D eigenvalue weighted by molar-refractivity contribution is -0.129. The molecule has 0 saturated carbocycles. The maximum atomic E-state index is 12.5. The first-order chi connectivity index (χ1) is 20.5. The van der Waals surface area contributed by atoms with E-state index >= 15 is 0 Å². The molecule has 10 heteroatoms. The van der Waals surface area contributed by atoms with Crippen molar-refractivity contribution in [3.8, 4) is 11.1 Å². The van der Waals surface area contributed by atoms with E-state index in [1.807, 2.05) is 65.7 Å². The molecule has 4 aromatic rings. The molecule has 0 atom stereocenters. The van der Waals surface area contributed by atoms with Gasteiger partial charge in [0, 0.05) is 80.4 Å². The molecule has 0 aliphatic carbocycles. The zero-order valence-electron chi connectivity index (χ0n) is 23.8. The Hall–Kier alpha value is -4.54. The summed E-state index contributed by atoms with van der Waals surface area (Å²) in [6.45, 7) is 8.02. The van der Waals surface area contributed by atoms with Gasteiger partial charge in [-0.15, -0.1) is 0 Å². The van der Waals surface area contributed by atoms with Crippen LogP contribution in [0.1, 0.15) is 6.92 Å². The summed E-state index contributed by atoms with van der Waals surface area (Å²) in [5.41, 5.74) is 5.63. The van der Waals surface area contributed by atoms with E-state index in [0.717, 1.165) is 78.4 Å². The number of nitrogens with one attached hydrogen (secondary N) is 2. The molecule has 0 unspecified atom stereocenters. The van der Waals surface area contributed by atoms with Crippen LogP contribution < -0.4 is 15.5 Å². The van der Waals surface area contributed by atoms with Crippen LogP contribution >= 0.6 is 0 Å². The van der Waals surface area contributed by atoms with Crippen molar-refractivity contribution in [2.24, 2.45) is 0 Å². The molecule has 1 aromatic heterocycles. The van der Waals surface area contributed by atoms with Crippen molar-refractivity contribution in [1.82, 2.24) is 19.8 Å². The second-order valence-corrected chi connectivity index (χ2v) is 10.6. The third-order valence-electron chi connectivity index (χ3n) is 7.78. The highest BCUT2D eigenvalue weighted by atomic mass is 16.5. The predicted molar refractivity (Wildman–Crippen MR) is 165 cm³/mol. The number of carbonyl (C=O) groups is 2. The number of fused-ring (bicyclic) bond motifs is 1. The fourth-order valence-corrected chi connectivity index (χ4v) is 5.41. The zero-order chi connectivity index (χ0) is 28.9. The van der Waals surface area contributed by atoms with E-state index < -0.39 is 0 Å². The van der Waals surface area contributed by atoms with Gasteiger partial charge in [-0.3, -0.25) is 14.5 Å². The Morgan fingerprint density at radius 2 is 1.57 bits per heavy atom. The second kappa shape index (κ2) is 12.5. The molecule has 6 rings (SSSR count). The number of carbonyl (C=O) groups excluding carboxylic acids is 2. The first-order valence-corrected chi connectivity index (χ1v) is 14.4. The summed E-state index contributed by atoms with van der Waals surface area (Å²) >= 11 is 0. The number of nitrogens with zero attached hydrogens (tertiary/aromatic N) is 5. The quantitative estimate of drug-likeness (QED) is 0.347. The summed E-state index contributed by atoms with van der Waals surface area (Å²) in [5, 5.41) is 7.28. The van der Waals surface area contributed by atoms with E-state index in [1.165, 1.54) is 0 Å². The maximum absolute atomic E-state index is 12.5. The van der Waals surface area contributed by atoms with Gasteiger partial charge >= 0.3 is 0 Å². The van der Waals surface area contributed by atoms with Gasteiger partial charge in [0.15, 0.2) is 0 Å². The highest BCUT2D eigenvalue weighted by molar-refractivity contribution is 5.95. The number of piperazine rings is 1.